The van der Waals surface area contributed by atoms with E-state index in [1.165, 1.54) is 5.56 Å². The Kier molecular flexibility index (Phi) is 5.43. The molecule has 1 saturated carbocycles. The second-order valence-corrected chi connectivity index (χ2v) is 5.28. The summed E-state index contributed by atoms with van der Waals surface area (Å²) in [4.78, 5) is 28.0. The Morgan fingerprint density at radius 2 is 1.70 bits per heavy atom. The third kappa shape index (κ3) is 3.99. The summed E-state index contributed by atoms with van der Waals surface area (Å²) < 4.78 is 0. The van der Waals surface area contributed by atoms with Crippen LogP contribution in [-0.4, -0.2) is 18.2 Å². The minimum Gasteiger partial charge on any atom is -0.211 e. The minimum atomic E-state index is 0.165. The normalized spacial score (nSPS) is 21.6. The number of hydrogen-bond donors (Lipinski definition) is 0. The third-order valence-electron chi connectivity index (χ3n) is 3.99. The zero-order valence-corrected chi connectivity index (χ0v) is 11.4. The molecular formula is C16H18N2O2. The van der Waals surface area contributed by atoms with E-state index in [1.807, 2.05) is 18.2 Å². The maximum atomic E-state index is 10.3. The van der Waals surface area contributed by atoms with E-state index in [1.54, 1.807) is 12.2 Å². The smallest absolute Gasteiger partial charge is 0.211 e. The van der Waals surface area contributed by atoms with Crippen LogP contribution in [0.5, 0.6) is 0 Å². The Morgan fingerprint density at radius 3 is 2.35 bits per heavy atom. The second-order valence-electron chi connectivity index (χ2n) is 5.28. The first-order chi connectivity index (χ1) is 9.83. The van der Waals surface area contributed by atoms with Crippen LogP contribution in [0.3, 0.4) is 0 Å². The van der Waals surface area contributed by atoms with Crippen molar-refractivity contribution in [2.24, 2.45) is 15.9 Å². The highest BCUT2D eigenvalue weighted by Gasteiger charge is 2.21. The molecule has 104 valence electrons. The Morgan fingerprint density at radius 1 is 1.00 bits per heavy atom. The molecule has 0 spiro atoms. The number of isocyanates is 2. The maximum absolute atomic E-state index is 10.3. The van der Waals surface area contributed by atoms with E-state index in [4.69, 9.17) is 0 Å². The molecule has 1 aromatic carbocycles. The lowest BCUT2D eigenvalue weighted by Crippen LogP contribution is -2.19. The summed E-state index contributed by atoms with van der Waals surface area (Å²) in [6.45, 7) is 0.407. The summed E-state index contributed by atoms with van der Waals surface area (Å²) in [6, 6.07) is 8.27. The minimum absolute atomic E-state index is 0.165. The molecule has 0 unspecified atom stereocenters. The fraction of sp³-hybridized carbons (Fsp3) is 0.500. The van der Waals surface area contributed by atoms with E-state index in [2.05, 4.69) is 16.1 Å². The third-order valence-corrected chi connectivity index (χ3v) is 3.99. The zero-order valence-electron chi connectivity index (χ0n) is 11.4. The van der Waals surface area contributed by atoms with Crippen LogP contribution < -0.4 is 0 Å². The molecule has 0 heterocycles. The van der Waals surface area contributed by atoms with Crippen molar-refractivity contribution in [3.63, 3.8) is 0 Å². The van der Waals surface area contributed by atoms with Crippen molar-refractivity contribution < 1.29 is 9.59 Å². The first-order valence-corrected chi connectivity index (χ1v) is 7.01. The molecule has 0 atom stereocenters. The number of benzene rings is 1. The van der Waals surface area contributed by atoms with Crippen LogP contribution in [0.4, 0.5) is 0 Å². The van der Waals surface area contributed by atoms with Crippen molar-refractivity contribution in [3.8, 4) is 0 Å². The van der Waals surface area contributed by atoms with E-state index in [0.717, 1.165) is 37.7 Å². The molecule has 0 saturated heterocycles. The van der Waals surface area contributed by atoms with Gasteiger partial charge < -0.3 is 0 Å². The van der Waals surface area contributed by atoms with E-state index < -0.39 is 0 Å². The molecule has 1 aliphatic rings. The zero-order chi connectivity index (χ0) is 14.2. The molecule has 0 bridgehead atoms. The second kappa shape index (κ2) is 7.54. The van der Waals surface area contributed by atoms with Crippen molar-refractivity contribution in [1.82, 2.24) is 0 Å². The number of carbonyl (C=O) groups excluding carboxylic acids is 2. The van der Waals surface area contributed by atoms with Gasteiger partial charge in [0.05, 0.1) is 12.6 Å². The number of aliphatic imine (C=N–C) groups is 2. The van der Waals surface area contributed by atoms with E-state index in [-0.39, 0.29) is 6.04 Å². The van der Waals surface area contributed by atoms with Crippen molar-refractivity contribution in [3.05, 3.63) is 35.4 Å². The summed E-state index contributed by atoms with van der Waals surface area (Å²) in [7, 11) is 0. The lowest BCUT2D eigenvalue weighted by Gasteiger charge is -2.26. The van der Waals surface area contributed by atoms with Gasteiger partial charge in [-0.2, -0.15) is 0 Å². The van der Waals surface area contributed by atoms with Gasteiger partial charge in [-0.15, -0.1) is 0 Å². The molecule has 0 amide bonds. The van der Waals surface area contributed by atoms with Gasteiger partial charge in [0.15, 0.2) is 0 Å². The lowest BCUT2D eigenvalue weighted by molar-refractivity contribution is 0.325. The monoisotopic (exact) mass is 270 g/mol. The van der Waals surface area contributed by atoms with E-state index in [0.29, 0.717) is 12.5 Å². The van der Waals surface area contributed by atoms with E-state index in [9.17, 15) is 9.59 Å². The fourth-order valence-electron chi connectivity index (χ4n) is 2.89. The molecule has 4 heteroatoms. The fourth-order valence-corrected chi connectivity index (χ4v) is 2.89. The van der Waals surface area contributed by atoms with Crippen molar-refractivity contribution in [1.29, 1.82) is 0 Å². The van der Waals surface area contributed by atoms with Crippen LogP contribution in [0.2, 0.25) is 0 Å². The molecule has 20 heavy (non-hydrogen) atoms. The Labute approximate surface area is 118 Å². The maximum Gasteiger partial charge on any atom is 0.235 e. The van der Waals surface area contributed by atoms with Crippen LogP contribution >= 0.6 is 0 Å². The quantitative estimate of drug-likeness (QED) is 0.610. The first-order valence-electron chi connectivity index (χ1n) is 7.01. The van der Waals surface area contributed by atoms with Crippen molar-refractivity contribution in [2.45, 2.75) is 44.7 Å². The Bertz CT molecular complexity index is 535. The highest BCUT2D eigenvalue weighted by atomic mass is 16.1. The van der Waals surface area contributed by atoms with Crippen LogP contribution in [0.1, 0.15) is 36.8 Å². The highest BCUT2D eigenvalue weighted by Crippen LogP contribution is 2.29. The van der Waals surface area contributed by atoms with Gasteiger partial charge in [-0.3, -0.25) is 0 Å². The van der Waals surface area contributed by atoms with Gasteiger partial charge >= 0.3 is 0 Å². The van der Waals surface area contributed by atoms with Crippen LogP contribution in [0, 0.1) is 5.92 Å². The Hall–Kier alpha value is -2.02. The molecule has 0 radical (unpaired) electrons. The summed E-state index contributed by atoms with van der Waals surface area (Å²) in [5.74, 6) is 0.620. The van der Waals surface area contributed by atoms with Gasteiger partial charge in [0.1, 0.15) is 0 Å². The van der Waals surface area contributed by atoms with Gasteiger partial charge in [-0.05, 0) is 49.1 Å². The van der Waals surface area contributed by atoms with Crippen molar-refractivity contribution in [2.75, 3.05) is 0 Å². The molecule has 4 nitrogen and oxygen atoms in total. The van der Waals surface area contributed by atoms with E-state index >= 15 is 0 Å². The number of hydrogen-bond acceptors (Lipinski definition) is 4. The van der Waals surface area contributed by atoms with Gasteiger partial charge in [0.25, 0.3) is 0 Å². The van der Waals surface area contributed by atoms with Gasteiger partial charge in [0, 0.05) is 0 Å². The summed E-state index contributed by atoms with van der Waals surface area (Å²) in [5.41, 5.74) is 2.36. The Balaban J connectivity index is 1.97. The number of rotatable bonds is 5. The van der Waals surface area contributed by atoms with Crippen LogP contribution in [0.25, 0.3) is 0 Å². The lowest BCUT2D eigenvalue weighted by atomic mass is 9.82. The summed E-state index contributed by atoms with van der Waals surface area (Å²) in [6.07, 6.45) is 8.36. The highest BCUT2D eigenvalue weighted by molar-refractivity contribution is 5.35. The average Bonchev–Trinajstić information content (AvgIpc) is 2.49. The summed E-state index contributed by atoms with van der Waals surface area (Å²) in [5, 5.41) is 0. The van der Waals surface area contributed by atoms with Crippen LogP contribution in [-0.2, 0) is 22.6 Å². The molecule has 2 rings (SSSR count). The molecule has 0 aromatic heterocycles. The molecule has 1 aromatic rings. The topological polar surface area (TPSA) is 58.9 Å². The standard InChI is InChI=1S/C16H18N2O2/c19-11-17-10-15-4-2-1-3-14(15)9-13-5-7-16(8-6-13)18-12-20/h1-4,13,16H,5-10H2. The van der Waals surface area contributed by atoms with Gasteiger partial charge in [-0.25, -0.2) is 19.6 Å². The largest absolute Gasteiger partial charge is 0.235 e. The molecular weight excluding hydrogens is 252 g/mol. The van der Waals surface area contributed by atoms with Gasteiger partial charge in [-0.1, -0.05) is 24.3 Å². The molecule has 1 fully saturated rings. The molecule has 1 aliphatic carbocycles. The SMILES string of the molecule is O=C=NCc1ccccc1CC1CCC(N=C=O)CC1. The average molecular weight is 270 g/mol. The predicted molar refractivity (Wildman–Crippen MR) is 75.8 cm³/mol. The predicted octanol–water partition coefficient (Wildman–Crippen LogP) is 2.96. The number of nitrogens with zero attached hydrogens (tertiary/aromatic N) is 2. The molecule has 0 aliphatic heterocycles. The summed E-state index contributed by atoms with van der Waals surface area (Å²) >= 11 is 0. The first kappa shape index (κ1) is 14.4. The van der Waals surface area contributed by atoms with Crippen LogP contribution in [0.15, 0.2) is 34.3 Å². The van der Waals surface area contributed by atoms with Crippen molar-refractivity contribution >= 4 is 12.2 Å². The van der Waals surface area contributed by atoms with Gasteiger partial charge in [0.2, 0.25) is 12.2 Å². The molecule has 0 N–H and O–H groups in total.